The summed E-state index contributed by atoms with van der Waals surface area (Å²) in [5, 5.41) is 12.0. The van der Waals surface area contributed by atoms with E-state index < -0.39 is 5.97 Å². The van der Waals surface area contributed by atoms with Gasteiger partial charge in [0.05, 0.1) is 11.6 Å². The second kappa shape index (κ2) is 5.55. The van der Waals surface area contributed by atoms with Gasteiger partial charge in [-0.1, -0.05) is 6.58 Å². The molecule has 1 aliphatic heterocycles. The van der Waals surface area contributed by atoms with E-state index in [9.17, 15) is 4.79 Å². The number of nitriles is 1. The van der Waals surface area contributed by atoms with Crippen molar-refractivity contribution in [1.82, 2.24) is 5.32 Å². The number of rotatable bonds is 3. The van der Waals surface area contributed by atoms with Gasteiger partial charge in [-0.15, -0.1) is 0 Å². The third-order valence-electron chi connectivity index (χ3n) is 2.73. The lowest BCUT2D eigenvalue weighted by Gasteiger charge is -2.16. The Bertz CT molecular complexity index is 560. The maximum absolute atomic E-state index is 11.1. The predicted octanol–water partition coefficient (Wildman–Crippen LogP) is 1.39. The van der Waals surface area contributed by atoms with Crippen molar-refractivity contribution >= 4 is 5.97 Å². The van der Waals surface area contributed by atoms with Crippen LogP contribution in [0.5, 0.6) is 11.5 Å². The van der Waals surface area contributed by atoms with Crippen LogP contribution in [0.15, 0.2) is 30.4 Å². The Morgan fingerprint density at radius 3 is 2.89 bits per heavy atom. The quantitative estimate of drug-likeness (QED) is 0.504. The van der Waals surface area contributed by atoms with Crippen LogP contribution >= 0.6 is 0 Å². The number of benzene rings is 1. The zero-order valence-electron chi connectivity index (χ0n) is 10.6. The van der Waals surface area contributed by atoms with Gasteiger partial charge in [0.25, 0.3) is 0 Å². The number of nitrogens with one attached hydrogen (secondary N) is 1. The van der Waals surface area contributed by atoms with Crippen molar-refractivity contribution in [2.24, 2.45) is 0 Å². The first-order chi connectivity index (χ1) is 9.10. The fourth-order valence-corrected chi connectivity index (χ4v) is 1.81. The zero-order valence-corrected chi connectivity index (χ0v) is 10.6. The van der Waals surface area contributed by atoms with Crippen LogP contribution in [0.3, 0.4) is 0 Å². The van der Waals surface area contributed by atoms with Crippen LogP contribution in [0.25, 0.3) is 0 Å². The topological polar surface area (TPSA) is 71.3 Å². The molecule has 98 valence electrons. The molecule has 1 heterocycles. The average Bonchev–Trinajstić information content (AvgIpc) is 2.76. The van der Waals surface area contributed by atoms with Gasteiger partial charge >= 0.3 is 5.97 Å². The molecule has 1 aromatic carbocycles. The second-order valence-electron chi connectivity index (χ2n) is 4.26. The third kappa shape index (κ3) is 3.12. The predicted molar refractivity (Wildman–Crippen MR) is 68.9 cm³/mol. The van der Waals surface area contributed by atoms with E-state index in [1.54, 1.807) is 12.1 Å². The molecule has 1 atom stereocenters. The Balaban J connectivity index is 2.25. The lowest BCUT2D eigenvalue weighted by molar-refractivity contribution is -0.132. The van der Waals surface area contributed by atoms with E-state index in [0.29, 0.717) is 24.4 Å². The van der Waals surface area contributed by atoms with E-state index in [1.807, 2.05) is 6.07 Å². The fourth-order valence-electron chi connectivity index (χ4n) is 1.81. The molecule has 5 nitrogen and oxygen atoms in total. The molecular formula is C14H14N2O3. The molecule has 0 saturated carbocycles. The van der Waals surface area contributed by atoms with Crippen molar-refractivity contribution in [3.05, 3.63) is 35.9 Å². The maximum atomic E-state index is 11.1. The molecule has 0 unspecified atom stereocenters. The van der Waals surface area contributed by atoms with E-state index in [4.69, 9.17) is 14.7 Å². The highest BCUT2D eigenvalue weighted by Crippen LogP contribution is 2.30. The first-order valence-corrected chi connectivity index (χ1v) is 5.87. The number of ether oxygens (including phenoxy) is 2. The maximum Gasteiger partial charge on any atom is 0.308 e. The number of hydrogen-bond donors (Lipinski definition) is 1. The number of carbonyl (C=O) groups is 1. The lowest BCUT2D eigenvalue weighted by atomic mass is 10.2. The Morgan fingerprint density at radius 2 is 2.32 bits per heavy atom. The van der Waals surface area contributed by atoms with Gasteiger partial charge in [0, 0.05) is 26.1 Å². The number of nitrogens with zero attached hydrogens (tertiary/aromatic N) is 1. The summed E-state index contributed by atoms with van der Waals surface area (Å²) in [5.74, 6) is 0.235. The van der Waals surface area contributed by atoms with Gasteiger partial charge in [0.1, 0.15) is 6.10 Å². The summed E-state index contributed by atoms with van der Waals surface area (Å²) in [6.45, 7) is 6.59. The molecule has 5 heteroatoms. The Hall–Kier alpha value is -2.32. The minimum atomic E-state index is -0.455. The molecule has 2 rings (SSSR count). The molecule has 0 spiro atoms. The van der Waals surface area contributed by atoms with E-state index in [1.165, 1.54) is 13.0 Å². The van der Waals surface area contributed by atoms with Crippen molar-refractivity contribution in [2.75, 3.05) is 13.1 Å². The van der Waals surface area contributed by atoms with E-state index >= 15 is 0 Å². The molecule has 1 aliphatic rings. The minimum Gasteiger partial charge on any atom is -0.481 e. The highest BCUT2D eigenvalue weighted by molar-refractivity contribution is 5.70. The standard InChI is InChI=1S/C14H14N2O3/c1-9-7-16-8-14(9)19-12-4-3-11(6-15)5-13(12)18-10(2)17/h3-5,14,16H,1,7-8H2,2H3/t14-/m0/s1. The van der Waals surface area contributed by atoms with Crippen molar-refractivity contribution in [2.45, 2.75) is 13.0 Å². The van der Waals surface area contributed by atoms with E-state index in [-0.39, 0.29) is 11.9 Å². The number of hydrogen-bond acceptors (Lipinski definition) is 5. The summed E-state index contributed by atoms with van der Waals surface area (Å²) in [6, 6.07) is 6.73. The molecule has 0 amide bonds. The summed E-state index contributed by atoms with van der Waals surface area (Å²) in [6.07, 6.45) is -0.151. The first-order valence-electron chi connectivity index (χ1n) is 5.87. The summed E-state index contributed by atoms with van der Waals surface area (Å²) < 4.78 is 10.8. The molecule has 19 heavy (non-hydrogen) atoms. The molecule has 1 aromatic rings. The smallest absolute Gasteiger partial charge is 0.308 e. The number of carbonyl (C=O) groups excluding carboxylic acids is 1. The summed E-state index contributed by atoms with van der Waals surface area (Å²) in [7, 11) is 0. The highest BCUT2D eigenvalue weighted by Gasteiger charge is 2.22. The number of esters is 1. The van der Waals surface area contributed by atoms with Crippen LogP contribution in [-0.2, 0) is 4.79 Å². The molecule has 0 aromatic heterocycles. The summed E-state index contributed by atoms with van der Waals surface area (Å²) in [4.78, 5) is 11.1. The molecule has 1 fully saturated rings. The third-order valence-corrected chi connectivity index (χ3v) is 2.73. The van der Waals surface area contributed by atoms with E-state index in [2.05, 4.69) is 11.9 Å². The van der Waals surface area contributed by atoms with Gasteiger partial charge in [-0.3, -0.25) is 4.79 Å². The molecule has 1 N–H and O–H groups in total. The Morgan fingerprint density at radius 1 is 1.53 bits per heavy atom. The van der Waals surface area contributed by atoms with Crippen LogP contribution in [-0.4, -0.2) is 25.2 Å². The largest absolute Gasteiger partial charge is 0.481 e. The molecular weight excluding hydrogens is 244 g/mol. The monoisotopic (exact) mass is 258 g/mol. The van der Waals surface area contributed by atoms with Crippen molar-refractivity contribution in [1.29, 1.82) is 5.26 Å². The van der Waals surface area contributed by atoms with Crippen LogP contribution in [0.2, 0.25) is 0 Å². The van der Waals surface area contributed by atoms with Gasteiger partial charge in [0.15, 0.2) is 11.5 Å². The van der Waals surface area contributed by atoms with Gasteiger partial charge in [-0.2, -0.15) is 5.26 Å². The zero-order chi connectivity index (χ0) is 13.8. The summed E-state index contributed by atoms with van der Waals surface area (Å²) in [5.41, 5.74) is 1.35. The van der Waals surface area contributed by atoms with Crippen molar-refractivity contribution in [3.8, 4) is 17.6 Å². The molecule has 0 bridgehead atoms. The highest BCUT2D eigenvalue weighted by atomic mass is 16.6. The van der Waals surface area contributed by atoms with Crippen LogP contribution in [0, 0.1) is 11.3 Å². The van der Waals surface area contributed by atoms with E-state index in [0.717, 1.165) is 5.57 Å². The second-order valence-corrected chi connectivity index (χ2v) is 4.26. The van der Waals surface area contributed by atoms with Crippen molar-refractivity contribution < 1.29 is 14.3 Å². The van der Waals surface area contributed by atoms with Crippen LogP contribution < -0.4 is 14.8 Å². The van der Waals surface area contributed by atoms with Gasteiger partial charge < -0.3 is 14.8 Å². The minimum absolute atomic E-state index is 0.151. The van der Waals surface area contributed by atoms with Gasteiger partial charge in [-0.05, 0) is 17.7 Å². The Kier molecular flexibility index (Phi) is 3.83. The molecule has 1 saturated heterocycles. The van der Waals surface area contributed by atoms with Gasteiger partial charge in [-0.25, -0.2) is 0 Å². The SMILES string of the molecule is C=C1CNC[C@@H]1Oc1ccc(C#N)cc1OC(C)=O. The fraction of sp³-hybridized carbons (Fsp3) is 0.286. The summed E-state index contributed by atoms with van der Waals surface area (Å²) >= 11 is 0. The van der Waals surface area contributed by atoms with Gasteiger partial charge in [0.2, 0.25) is 0 Å². The van der Waals surface area contributed by atoms with Crippen molar-refractivity contribution in [3.63, 3.8) is 0 Å². The normalized spacial score (nSPS) is 17.9. The lowest BCUT2D eigenvalue weighted by Crippen LogP contribution is -2.21. The average molecular weight is 258 g/mol. The molecule has 0 radical (unpaired) electrons. The van der Waals surface area contributed by atoms with Crippen LogP contribution in [0.4, 0.5) is 0 Å². The Labute approximate surface area is 111 Å². The molecule has 0 aliphatic carbocycles. The first kappa shape index (κ1) is 13.1. The van der Waals surface area contributed by atoms with Crippen LogP contribution in [0.1, 0.15) is 12.5 Å².